The molecule has 0 aliphatic carbocycles. The molecule has 0 amide bonds. The van der Waals surface area contributed by atoms with Crippen LogP contribution in [0.1, 0.15) is 0 Å². The van der Waals surface area contributed by atoms with Gasteiger partial charge in [-0.05, 0) is 0 Å². The van der Waals surface area contributed by atoms with Gasteiger partial charge in [0, 0.05) is 7.05 Å². The van der Waals surface area contributed by atoms with Crippen molar-refractivity contribution in [1.29, 1.82) is 0 Å². The van der Waals surface area contributed by atoms with Gasteiger partial charge < -0.3 is 11.1 Å². The number of hydrogen-bond acceptors (Lipinski definition) is 4. The molecule has 0 radical (unpaired) electrons. The zero-order chi connectivity index (χ0) is 6.69. The Hall–Kier alpha value is -1.32. The largest absolute Gasteiger partial charge is 0.394 e. The van der Waals surface area contributed by atoms with Crippen LogP contribution in [0, 0.1) is 0 Å². The number of nitrogens with one attached hydrogen (secondary N) is 1. The predicted molar refractivity (Wildman–Crippen MR) is 36.0 cm³/mol. The van der Waals surface area contributed by atoms with E-state index in [-0.39, 0.29) is 0 Å². The van der Waals surface area contributed by atoms with E-state index in [0.717, 1.165) is 0 Å². The molecule has 0 aromatic carbocycles. The Labute approximate surface area is 53.1 Å². The second-order valence-corrected chi connectivity index (χ2v) is 1.58. The molecule has 0 aliphatic rings. The highest BCUT2D eigenvalue weighted by Gasteiger charge is 1.92. The van der Waals surface area contributed by atoms with Crippen molar-refractivity contribution in [2.24, 2.45) is 0 Å². The van der Waals surface area contributed by atoms with Crippen molar-refractivity contribution < 1.29 is 0 Å². The van der Waals surface area contributed by atoms with Gasteiger partial charge in [0.1, 0.15) is 6.33 Å². The van der Waals surface area contributed by atoms with Gasteiger partial charge in [-0.1, -0.05) is 0 Å². The lowest BCUT2D eigenvalue weighted by atomic mass is 10.5. The Morgan fingerprint density at radius 1 is 1.67 bits per heavy atom. The van der Waals surface area contributed by atoms with Gasteiger partial charge in [0.15, 0.2) is 5.82 Å². The van der Waals surface area contributed by atoms with Gasteiger partial charge in [-0.3, -0.25) is 0 Å². The van der Waals surface area contributed by atoms with Crippen LogP contribution in [0.4, 0.5) is 11.5 Å². The van der Waals surface area contributed by atoms with Crippen molar-refractivity contribution >= 4 is 11.5 Å². The Balaban J connectivity index is 3.01. The van der Waals surface area contributed by atoms with Crippen molar-refractivity contribution in [3.8, 4) is 0 Å². The topological polar surface area (TPSA) is 63.8 Å². The quantitative estimate of drug-likeness (QED) is 0.557. The molecule has 1 heterocycles. The summed E-state index contributed by atoms with van der Waals surface area (Å²) in [7, 11) is 1.76. The Kier molecular flexibility index (Phi) is 1.48. The molecule has 9 heavy (non-hydrogen) atoms. The third-order valence-electron chi connectivity index (χ3n) is 0.977. The maximum absolute atomic E-state index is 5.44. The number of aromatic nitrogens is 2. The third kappa shape index (κ3) is 1.07. The zero-order valence-electron chi connectivity index (χ0n) is 5.13. The molecule has 0 bridgehead atoms. The highest BCUT2D eigenvalue weighted by atomic mass is 15.0. The minimum absolute atomic E-state index is 0.569. The van der Waals surface area contributed by atoms with Gasteiger partial charge in [-0.15, -0.1) is 0 Å². The first-order chi connectivity index (χ1) is 4.34. The minimum atomic E-state index is 0.569. The van der Waals surface area contributed by atoms with Crippen LogP contribution in [-0.2, 0) is 0 Å². The second-order valence-electron chi connectivity index (χ2n) is 1.58. The Bertz CT molecular complexity index is 198. The molecular formula is C5H8N4. The van der Waals surface area contributed by atoms with Gasteiger partial charge in [0.05, 0.1) is 11.9 Å². The van der Waals surface area contributed by atoms with Crippen molar-refractivity contribution in [2.45, 2.75) is 0 Å². The highest BCUT2D eigenvalue weighted by Crippen LogP contribution is 2.08. The van der Waals surface area contributed by atoms with Crippen LogP contribution in [0.3, 0.4) is 0 Å². The first kappa shape index (κ1) is 5.81. The first-order valence-electron chi connectivity index (χ1n) is 2.58. The van der Waals surface area contributed by atoms with Gasteiger partial charge in [0.25, 0.3) is 0 Å². The maximum Gasteiger partial charge on any atom is 0.152 e. The van der Waals surface area contributed by atoms with Gasteiger partial charge in [-0.2, -0.15) is 0 Å². The summed E-state index contributed by atoms with van der Waals surface area (Å²) in [6.07, 6.45) is 3.00. The van der Waals surface area contributed by atoms with Crippen LogP contribution in [-0.4, -0.2) is 17.0 Å². The number of anilines is 2. The standard InChI is InChI=1S/C5H8N4/c1-7-5-4(6)2-8-3-9-5/h2-3H,6H2,1H3,(H,7,8,9). The lowest BCUT2D eigenvalue weighted by Crippen LogP contribution is -1.98. The zero-order valence-corrected chi connectivity index (χ0v) is 5.13. The van der Waals surface area contributed by atoms with Gasteiger partial charge >= 0.3 is 0 Å². The van der Waals surface area contributed by atoms with Crippen LogP contribution in [0.2, 0.25) is 0 Å². The summed E-state index contributed by atoms with van der Waals surface area (Å²) < 4.78 is 0. The number of hydrogen-bond donors (Lipinski definition) is 2. The summed E-state index contributed by atoms with van der Waals surface area (Å²) in [4.78, 5) is 7.57. The molecule has 0 aliphatic heterocycles. The molecule has 0 unspecified atom stereocenters. The SMILES string of the molecule is CNc1ncncc1N. The molecule has 0 atom stereocenters. The van der Waals surface area contributed by atoms with Crippen molar-refractivity contribution in [3.05, 3.63) is 12.5 Å². The van der Waals surface area contributed by atoms with Crippen molar-refractivity contribution in [2.75, 3.05) is 18.1 Å². The van der Waals surface area contributed by atoms with E-state index in [1.54, 1.807) is 13.2 Å². The molecule has 4 heteroatoms. The van der Waals surface area contributed by atoms with Crippen LogP contribution in [0.25, 0.3) is 0 Å². The predicted octanol–water partition coefficient (Wildman–Crippen LogP) is 0.101. The molecule has 0 saturated heterocycles. The molecule has 0 fully saturated rings. The molecule has 1 aromatic rings. The fourth-order valence-electron chi connectivity index (χ4n) is 0.549. The normalized spacial score (nSPS) is 9.00. The lowest BCUT2D eigenvalue weighted by molar-refractivity contribution is 1.16. The summed E-state index contributed by atoms with van der Waals surface area (Å²) in [5, 5.41) is 2.82. The number of nitrogens with two attached hydrogens (primary N) is 1. The molecule has 48 valence electrons. The summed E-state index contributed by atoms with van der Waals surface area (Å²) in [6.45, 7) is 0. The van der Waals surface area contributed by atoms with E-state index < -0.39 is 0 Å². The molecule has 3 N–H and O–H groups in total. The average Bonchev–Trinajstić information content (AvgIpc) is 1.89. The second kappa shape index (κ2) is 2.30. The molecule has 1 aromatic heterocycles. The molecule has 1 rings (SSSR count). The summed E-state index contributed by atoms with van der Waals surface area (Å²) in [6, 6.07) is 0. The van der Waals surface area contributed by atoms with E-state index in [9.17, 15) is 0 Å². The minimum Gasteiger partial charge on any atom is -0.394 e. The van der Waals surface area contributed by atoms with E-state index in [4.69, 9.17) is 5.73 Å². The third-order valence-corrected chi connectivity index (χ3v) is 0.977. The van der Waals surface area contributed by atoms with Crippen molar-refractivity contribution in [1.82, 2.24) is 9.97 Å². The van der Waals surface area contributed by atoms with Crippen LogP contribution in [0.5, 0.6) is 0 Å². The van der Waals surface area contributed by atoms with E-state index in [2.05, 4.69) is 15.3 Å². The number of rotatable bonds is 1. The lowest BCUT2D eigenvalue weighted by Gasteiger charge is -1.98. The van der Waals surface area contributed by atoms with Crippen LogP contribution in [0.15, 0.2) is 12.5 Å². The van der Waals surface area contributed by atoms with Crippen LogP contribution < -0.4 is 11.1 Å². The molecule has 0 spiro atoms. The summed E-state index contributed by atoms with van der Waals surface area (Å²) in [5.41, 5.74) is 6.01. The Morgan fingerprint density at radius 3 is 2.89 bits per heavy atom. The molecule has 4 nitrogen and oxygen atoms in total. The molecular weight excluding hydrogens is 116 g/mol. The van der Waals surface area contributed by atoms with E-state index in [1.807, 2.05) is 0 Å². The average molecular weight is 124 g/mol. The van der Waals surface area contributed by atoms with E-state index in [1.165, 1.54) is 6.33 Å². The first-order valence-corrected chi connectivity index (χ1v) is 2.58. The van der Waals surface area contributed by atoms with Crippen LogP contribution >= 0.6 is 0 Å². The molecule has 0 saturated carbocycles. The fraction of sp³-hybridized carbons (Fsp3) is 0.200. The number of nitrogens with zero attached hydrogens (tertiary/aromatic N) is 2. The fourth-order valence-corrected chi connectivity index (χ4v) is 0.549. The van der Waals surface area contributed by atoms with Gasteiger partial charge in [0.2, 0.25) is 0 Å². The monoisotopic (exact) mass is 124 g/mol. The number of nitrogen functional groups attached to an aromatic ring is 1. The van der Waals surface area contributed by atoms with E-state index >= 15 is 0 Å². The van der Waals surface area contributed by atoms with Crippen molar-refractivity contribution in [3.63, 3.8) is 0 Å². The maximum atomic E-state index is 5.44. The van der Waals surface area contributed by atoms with E-state index in [0.29, 0.717) is 11.5 Å². The Morgan fingerprint density at radius 2 is 2.44 bits per heavy atom. The summed E-state index contributed by atoms with van der Waals surface area (Å²) >= 11 is 0. The summed E-state index contributed by atoms with van der Waals surface area (Å²) in [5.74, 6) is 0.671. The van der Waals surface area contributed by atoms with Gasteiger partial charge in [-0.25, -0.2) is 9.97 Å². The smallest absolute Gasteiger partial charge is 0.152 e. The highest BCUT2D eigenvalue weighted by molar-refractivity contribution is 5.58.